The molecule has 2 N–H and O–H groups in total. The number of amides is 2. The first kappa shape index (κ1) is 23.1. The second-order valence-electron chi connectivity index (χ2n) is 9.12. The molecule has 5 rings (SSSR count). The summed E-state index contributed by atoms with van der Waals surface area (Å²) in [7, 11) is 0. The summed E-state index contributed by atoms with van der Waals surface area (Å²) >= 11 is 8.05. The van der Waals surface area contributed by atoms with Crippen molar-refractivity contribution in [2.45, 2.75) is 44.6 Å². The highest BCUT2D eigenvalue weighted by molar-refractivity contribution is 7.22. The Kier molecular flexibility index (Phi) is 6.97. The summed E-state index contributed by atoms with van der Waals surface area (Å²) in [4.78, 5) is 35.3. The Labute approximate surface area is 207 Å². The zero-order valence-corrected chi connectivity index (χ0v) is 20.5. The Balaban J connectivity index is 1.24. The first-order chi connectivity index (χ1) is 16.6. The van der Waals surface area contributed by atoms with E-state index in [0.29, 0.717) is 34.2 Å². The van der Waals surface area contributed by atoms with E-state index < -0.39 is 0 Å². The van der Waals surface area contributed by atoms with E-state index in [2.05, 4.69) is 20.6 Å². The molecule has 0 unspecified atom stereocenters. The number of piperidine rings is 1. The van der Waals surface area contributed by atoms with Gasteiger partial charge in [-0.15, -0.1) is 11.3 Å². The van der Waals surface area contributed by atoms with Gasteiger partial charge in [0.05, 0.1) is 16.1 Å². The predicted octanol–water partition coefficient (Wildman–Crippen LogP) is 4.96. The highest BCUT2D eigenvalue weighted by atomic mass is 35.5. The molecular weight excluding hydrogens is 470 g/mol. The van der Waals surface area contributed by atoms with Crippen LogP contribution in [0.4, 0.5) is 5.95 Å². The third-order valence-corrected chi connectivity index (χ3v) is 7.95. The van der Waals surface area contributed by atoms with Crippen LogP contribution in [-0.2, 0) is 4.79 Å². The van der Waals surface area contributed by atoms with Gasteiger partial charge in [-0.3, -0.25) is 9.59 Å². The lowest BCUT2D eigenvalue weighted by molar-refractivity contribution is -0.119. The number of hydrogen-bond donors (Lipinski definition) is 2. The predicted molar refractivity (Wildman–Crippen MR) is 136 cm³/mol. The molecule has 1 saturated heterocycles. The summed E-state index contributed by atoms with van der Waals surface area (Å²) in [6.07, 6.45) is 9.00. The van der Waals surface area contributed by atoms with Gasteiger partial charge in [-0.05, 0) is 62.6 Å². The topological polar surface area (TPSA) is 87.2 Å². The fourth-order valence-electron chi connectivity index (χ4n) is 4.43. The number of rotatable bonds is 9. The molecule has 2 aliphatic rings. The van der Waals surface area contributed by atoms with Gasteiger partial charge in [-0.1, -0.05) is 17.7 Å². The van der Waals surface area contributed by atoms with Crippen LogP contribution in [0, 0.1) is 5.92 Å². The molecule has 0 spiro atoms. The Bertz CT molecular complexity index is 1190. The third kappa shape index (κ3) is 5.33. The fraction of sp³-hybridized carbons (Fsp3) is 0.440. The van der Waals surface area contributed by atoms with Gasteiger partial charge in [-0.25, -0.2) is 9.97 Å². The molecule has 0 atom stereocenters. The van der Waals surface area contributed by atoms with Crippen molar-refractivity contribution in [3.63, 3.8) is 0 Å². The van der Waals surface area contributed by atoms with Crippen molar-refractivity contribution < 1.29 is 9.59 Å². The smallest absolute Gasteiger partial charge is 0.252 e. The number of benzene rings is 1. The number of fused-ring (bicyclic) bond motifs is 1. The minimum absolute atomic E-state index is 0.0228. The molecule has 2 amide bonds. The monoisotopic (exact) mass is 497 g/mol. The van der Waals surface area contributed by atoms with E-state index in [0.717, 1.165) is 79.5 Å². The van der Waals surface area contributed by atoms with Gasteiger partial charge in [-0.2, -0.15) is 0 Å². The van der Waals surface area contributed by atoms with E-state index >= 15 is 0 Å². The zero-order chi connectivity index (χ0) is 23.5. The Morgan fingerprint density at radius 3 is 2.82 bits per heavy atom. The number of thiophene rings is 1. The van der Waals surface area contributed by atoms with Crippen LogP contribution in [0.2, 0.25) is 5.02 Å². The quantitative estimate of drug-likeness (QED) is 0.322. The van der Waals surface area contributed by atoms with Gasteiger partial charge in [0.2, 0.25) is 12.4 Å². The van der Waals surface area contributed by atoms with E-state index in [1.165, 1.54) is 0 Å². The maximum absolute atomic E-state index is 12.7. The van der Waals surface area contributed by atoms with Crippen LogP contribution in [0.3, 0.4) is 0 Å². The van der Waals surface area contributed by atoms with Crippen molar-refractivity contribution >= 4 is 51.3 Å². The molecule has 0 bridgehead atoms. The number of carbonyl (C=O) groups excluding carboxylic acids is 2. The number of halogens is 1. The summed E-state index contributed by atoms with van der Waals surface area (Å²) in [5.74, 6) is 1.20. The van der Waals surface area contributed by atoms with Gasteiger partial charge in [0.1, 0.15) is 5.69 Å². The Morgan fingerprint density at radius 2 is 2.06 bits per heavy atom. The minimum Gasteiger partial charge on any atom is -0.354 e. The number of nitrogens with zero attached hydrogens (tertiary/aromatic N) is 3. The Morgan fingerprint density at radius 1 is 1.24 bits per heavy atom. The van der Waals surface area contributed by atoms with E-state index in [9.17, 15) is 9.59 Å². The lowest BCUT2D eigenvalue weighted by Crippen LogP contribution is -2.32. The van der Waals surface area contributed by atoms with Crippen LogP contribution in [0.15, 0.2) is 30.5 Å². The second-order valence-corrected chi connectivity index (χ2v) is 10.6. The van der Waals surface area contributed by atoms with Crippen molar-refractivity contribution in [1.29, 1.82) is 0 Å². The summed E-state index contributed by atoms with van der Waals surface area (Å²) < 4.78 is 1.03. The third-order valence-electron chi connectivity index (χ3n) is 6.57. The van der Waals surface area contributed by atoms with E-state index in [1.807, 2.05) is 29.2 Å². The van der Waals surface area contributed by atoms with Crippen LogP contribution in [0.5, 0.6) is 0 Å². The van der Waals surface area contributed by atoms with Crippen molar-refractivity contribution in [3.05, 3.63) is 41.0 Å². The highest BCUT2D eigenvalue weighted by Gasteiger charge is 2.25. The molecule has 0 radical (unpaired) electrons. The molecule has 1 aromatic carbocycles. The number of carbonyl (C=O) groups is 2. The van der Waals surface area contributed by atoms with Crippen LogP contribution in [-0.4, -0.2) is 52.9 Å². The molecule has 3 aromatic rings. The van der Waals surface area contributed by atoms with Crippen molar-refractivity contribution in [1.82, 2.24) is 20.2 Å². The van der Waals surface area contributed by atoms with E-state index in [1.54, 1.807) is 17.5 Å². The molecule has 178 valence electrons. The second kappa shape index (κ2) is 10.3. The van der Waals surface area contributed by atoms with Crippen LogP contribution in [0.25, 0.3) is 20.7 Å². The summed E-state index contributed by atoms with van der Waals surface area (Å²) in [5, 5.41) is 7.81. The minimum atomic E-state index is -0.0228. The number of nitrogens with one attached hydrogen (secondary N) is 2. The van der Waals surface area contributed by atoms with Gasteiger partial charge in [0, 0.05) is 41.3 Å². The van der Waals surface area contributed by atoms with Crippen LogP contribution in [0.1, 0.15) is 48.9 Å². The first-order valence-electron chi connectivity index (χ1n) is 11.9. The molecule has 2 fully saturated rings. The Hall–Kier alpha value is -2.71. The highest BCUT2D eigenvalue weighted by Crippen LogP contribution is 2.37. The van der Waals surface area contributed by atoms with Crippen LogP contribution < -0.4 is 10.6 Å². The maximum atomic E-state index is 12.7. The molecule has 7 nitrogen and oxygen atoms in total. The molecule has 2 aromatic heterocycles. The van der Waals surface area contributed by atoms with E-state index in [4.69, 9.17) is 11.6 Å². The SMILES string of the molecule is O=CN1CCC(CCCNc2ncc(Cl)c(-c3cc4c(C(=O)NC5CC5)cccc4s3)n2)CC1. The maximum Gasteiger partial charge on any atom is 0.252 e. The number of likely N-dealkylation sites (tertiary alicyclic amines) is 1. The van der Waals surface area contributed by atoms with Gasteiger partial charge >= 0.3 is 0 Å². The average Bonchev–Trinajstić information content (AvgIpc) is 3.56. The molecule has 1 aliphatic carbocycles. The van der Waals surface area contributed by atoms with Crippen molar-refractivity contribution in [2.75, 3.05) is 25.0 Å². The number of hydrogen-bond acceptors (Lipinski definition) is 6. The molecule has 1 saturated carbocycles. The molecule has 3 heterocycles. The lowest BCUT2D eigenvalue weighted by atomic mass is 9.92. The number of aromatic nitrogens is 2. The zero-order valence-electron chi connectivity index (χ0n) is 18.9. The first-order valence-corrected chi connectivity index (χ1v) is 13.1. The molecule has 34 heavy (non-hydrogen) atoms. The fourth-order valence-corrected chi connectivity index (χ4v) is 5.77. The van der Waals surface area contributed by atoms with Gasteiger partial charge in [0.25, 0.3) is 5.91 Å². The largest absolute Gasteiger partial charge is 0.354 e. The van der Waals surface area contributed by atoms with Gasteiger partial charge in [0.15, 0.2) is 0 Å². The van der Waals surface area contributed by atoms with Crippen molar-refractivity contribution in [3.8, 4) is 10.6 Å². The number of anilines is 1. The molecule has 9 heteroatoms. The standard InChI is InChI=1S/C25H28ClN5O2S/c26-20-14-28-25(27-10-2-3-16-8-11-31(15-32)12-9-16)30-23(20)22-13-19-18(4-1-5-21(19)34-22)24(33)29-17-6-7-17/h1,4-5,13-17H,2-3,6-12H2,(H,29,33)(H,27,28,30). The molecule has 1 aliphatic heterocycles. The molecular formula is C25H28ClN5O2S. The van der Waals surface area contributed by atoms with Crippen molar-refractivity contribution in [2.24, 2.45) is 5.92 Å². The van der Waals surface area contributed by atoms with Crippen LogP contribution >= 0.6 is 22.9 Å². The van der Waals surface area contributed by atoms with Gasteiger partial charge < -0.3 is 15.5 Å². The normalized spacial score (nSPS) is 16.6. The summed E-state index contributed by atoms with van der Waals surface area (Å²) in [6, 6.07) is 8.13. The lowest BCUT2D eigenvalue weighted by Gasteiger charge is -2.29. The average molecular weight is 498 g/mol. The van der Waals surface area contributed by atoms with E-state index in [-0.39, 0.29) is 5.91 Å². The summed E-state index contributed by atoms with van der Waals surface area (Å²) in [5.41, 5.74) is 1.37. The summed E-state index contributed by atoms with van der Waals surface area (Å²) in [6.45, 7) is 2.52.